The molecule has 0 spiro atoms. The van der Waals surface area contributed by atoms with Gasteiger partial charge < -0.3 is 4.98 Å². The Morgan fingerprint density at radius 2 is 1.24 bits per heavy atom. The number of nitrogens with one attached hydrogen (secondary N) is 1. The standard InChI is InChI=1S/C20H15N/c1-2-8-15(9-3-1)17-11-5-6-12-18(17)20-14-16-10-4-7-13-19(16)21-20/h1-14,21H. The maximum absolute atomic E-state index is 3.52. The third kappa shape index (κ3) is 2.13. The third-order valence-corrected chi connectivity index (χ3v) is 3.83. The van der Waals surface area contributed by atoms with E-state index in [1.165, 1.54) is 27.6 Å². The molecule has 1 heterocycles. The van der Waals surface area contributed by atoms with Crippen molar-refractivity contribution in [3.63, 3.8) is 0 Å². The number of rotatable bonds is 2. The summed E-state index contributed by atoms with van der Waals surface area (Å²) < 4.78 is 0. The zero-order valence-corrected chi connectivity index (χ0v) is 11.6. The highest BCUT2D eigenvalue weighted by Gasteiger charge is 2.08. The predicted molar refractivity (Wildman–Crippen MR) is 89.2 cm³/mol. The van der Waals surface area contributed by atoms with Gasteiger partial charge in [-0.15, -0.1) is 0 Å². The summed E-state index contributed by atoms with van der Waals surface area (Å²) in [5.41, 5.74) is 6.07. The van der Waals surface area contributed by atoms with E-state index in [9.17, 15) is 0 Å². The van der Waals surface area contributed by atoms with Crippen LogP contribution in [0, 0.1) is 0 Å². The molecule has 4 aromatic rings. The summed E-state index contributed by atoms with van der Waals surface area (Å²) in [5, 5.41) is 1.25. The van der Waals surface area contributed by atoms with Crippen molar-refractivity contribution in [1.29, 1.82) is 0 Å². The van der Waals surface area contributed by atoms with Gasteiger partial charge in [0.05, 0.1) is 0 Å². The van der Waals surface area contributed by atoms with E-state index in [0.717, 1.165) is 5.69 Å². The second-order valence-corrected chi connectivity index (χ2v) is 5.18. The monoisotopic (exact) mass is 269 g/mol. The molecule has 1 aromatic heterocycles. The summed E-state index contributed by atoms with van der Waals surface area (Å²) in [5.74, 6) is 0. The number of H-pyrrole nitrogens is 1. The Morgan fingerprint density at radius 3 is 2.05 bits per heavy atom. The van der Waals surface area contributed by atoms with Crippen molar-refractivity contribution >= 4 is 10.9 Å². The molecule has 4 rings (SSSR count). The van der Waals surface area contributed by atoms with Crippen LogP contribution in [0.2, 0.25) is 0 Å². The molecular formula is C20H15N. The maximum atomic E-state index is 3.52. The lowest BCUT2D eigenvalue weighted by atomic mass is 9.98. The molecule has 0 unspecified atom stereocenters. The third-order valence-electron chi connectivity index (χ3n) is 3.83. The minimum Gasteiger partial charge on any atom is -0.355 e. The fourth-order valence-electron chi connectivity index (χ4n) is 2.81. The van der Waals surface area contributed by atoms with Crippen LogP contribution in [0.5, 0.6) is 0 Å². The van der Waals surface area contributed by atoms with E-state index >= 15 is 0 Å². The summed E-state index contributed by atoms with van der Waals surface area (Å²) in [6, 6.07) is 29.7. The van der Waals surface area contributed by atoms with E-state index in [2.05, 4.69) is 89.9 Å². The molecule has 21 heavy (non-hydrogen) atoms. The van der Waals surface area contributed by atoms with Gasteiger partial charge in [-0.25, -0.2) is 0 Å². The Hall–Kier alpha value is -2.80. The van der Waals surface area contributed by atoms with Gasteiger partial charge in [-0.3, -0.25) is 0 Å². The van der Waals surface area contributed by atoms with Crippen LogP contribution >= 0.6 is 0 Å². The van der Waals surface area contributed by atoms with Gasteiger partial charge in [0.25, 0.3) is 0 Å². The average Bonchev–Trinajstić information content (AvgIpc) is 2.99. The van der Waals surface area contributed by atoms with Crippen LogP contribution in [0.1, 0.15) is 0 Å². The number of para-hydroxylation sites is 1. The molecule has 1 N–H and O–H groups in total. The molecule has 0 amide bonds. The van der Waals surface area contributed by atoms with Gasteiger partial charge in [-0.1, -0.05) is 72.8 Å². The molecule has 3 aromatic carbocycles. The molecular weight excluding hydrogens is 254 g/mol. The first-order valence-corrected chi connectivity index (χ1v) is 7.14. The molecule has 0 saturated carbocycles. The van der Waals surface area contributed by atoms with Gasteiger partial charge >= 0.3 is 0 Å². The number of benzene rings is 3. The number of fused-ring (bicyclic) bond motifs is 1. The van der Waals surface area contributed by atoms with Gasteiger partial charge in [0.1, 0.15) is 0 Å². The Labute approximate surface area is 123 Å². The van der Waals surface area contributed by atoms with Crippen LogP contribution in [0.15, 0.2) is 84.9 Å². The lowest BCUT2D eigenvalue weighted by Crippen LogP contribution is -1.84. The lowest BCUT2D eigenvalue weighted by molar-refractivity contribution is 1.45. The normalized spacial score (nSPS) is 10.9. The SMILES string of the molecule is c1ccc(-c2ccccc2-c2cc3ccccc3[nH]2)cc1. The summed E-state index contributed by atoms with van der Waals surface area (Å²) in [6.45, 7) is 0. The van der Waals surface area contributed by atoms with Crippen LogP contribution in [0.3, 0.4) is 0 Å². The van der Waals surface area contributed by atoms with Gasteiger partial charge in [-0.2, -0.15) is 0 Å². The highest BCUT2D eigenvalue weighted by molar-refractivity contribution is 5.90. The van der Waals surface area contributed by atoms with Crippen molar-refractivity contribution in [3.05, 3.63) is 84.9 Å². The van der Waals surface area contributed by atoms with Gasteiger partial charge in [-0.05, 0) is 23.3 Å². The largest absolute Gasteiger partial charge is 0.355 e. The van der Waals surface area contributed by atoms with Crippen molar-refractivity contribution in [2.75, 3.05) is 0 Å². The van der Waals surface area contributed by atoms with E-state index < -0.39 is 0 Å². The van der Waals surface area contributed by atoms with Crippen LogP contribution in [-0.2, 0) is 0 Å². The van der Waals surface area contributed by atoms with Crippen molar-refractivity contribution in [1.82, 2.24) is 4.98 Å². The Kier molecular flexibility index (Phi) is 2.82. The average molecular weight is 269 g/mol. The fourth-order valence-corrected chi connectivity index (χ4v) is 2.81. The van der Waals surface area contributed by atoms with Gasteiger partial charge in [0.15, 0.2) is 0 Å². The molecule has 0 radical (unpaired) electrons. The van der Waals surface area contributed by atoms with Crippen LogP contribution in [0.25, 0.3) is 33.3 Å². The molecule has 0 aliphatic heterocycles. The number of hydrogen-bond donors (Lipinski definition) is 1. The van der Waals surface area contributed by atoms with Crippen LogP contribution in [0.4, 0.5) is 0 Å². The number of aromatic amines is 1. The molecule has 0 atom stereocenters. The predicted octanol–water partition coefficient (Wildman–Crippen LogP) is 5.50. The molecule has 0 bridgehead atoms. The molecule has 0 aliphatic rings. The molecule has 100 valence electrons. The van der Waals surface area contributed by atoms with Crippen molar-refractivity contribution < 1.29 is 0 Å². The lowest BCUT2D eigenvalue weighted by Gasteiger charge is -2.08. The Balaban J connectivity index is 1.93. The topological polar surface area (TPSA) is 15.8 Å². The minimum absolute atomic E-state index is 1.16. The maximum Gasteiger partial charge on any atom is 0.0471 e. The first kappa shape index (κ1) is 12.0. The summed E-state index contributed by atoms with van der Waals surface area (Å²) in [7, 11) is 0. The Morgan fingerprint density at radius 1 is 0.571 bits per heavy atom. The van der Waals surface area contributed by atoms with E-state index in [4.69, 9.17) is 0 Å². The van der Waals surface area contributed by atoms with E-state index in [0.29, 0.717) is 0 Å². The van der Waals surface area contributed by atoms with Crippen molar-refractivity contribution in [3.8, 4) is 22.4 Å². The number of hydrogen-bond acceptors (Lipinski definition) is 0. The van der Waals surface area contributed by atoms with Crippen LogP contribution < -0.4 is 0 Å². The molecule has 0 aliphatic carbocycles. The first-order chi connectivity index (χ1) is 10.4. The summed E-state index contributed by atoms with van der Waals surface area (Å²) in [6.07, 6.45) is 0. The fraction of sp³-hybridized carbons (Fsp3) is 0. The quantitative estimate of drug-likeness (QED) is 0.494. The summed E-state index contributed by atoms with van der Waals surface area (Å²) >= 11 is 0. The highest BCUT2D eigenvalue weighted by atomic mass is 14.7. The smallest absolute Gasteiger partial charge is 0.0471 e. The van der Waals surface area contributed by atoms with Crippen molar-refractivity contribution in [2.45, 2.75) is 0 Å². The van der Waals surface area contributed by atoms with Crippen LogP contribution in [-0.4, -0.2) is 4.98 Å². The Bertz CT molecular complexity index is 855. The summed E-state index contributed by atoms with van der Waals surface area (Å²) in [4.78, 5) is 3.52. The second kappa shape index (κ2) is 4.95. The highest BCUT2D eigenvalue weighted by Crippen LogP contribution is 2.32. The van der Waals surface area contributed by atoms with Gasteiger partial charge in [0, 0.05) is 22.2 Å². The molecule has 1 nitrogen and oxygen atoms in total. The zero-order chi connectivity index (χ0) is 14.1. The molecule has 0 saturated heterocycles. The first-order valence-electron chi connectivity index (χ1n) is 7.14. The van der Waals surface area contributed by atoms with E-state index in [1.54, 1.807) is 0 Å². The van der Waals surface area contributed by atoms with E-state index in [1.807, 2.05) is 0 Å². The minimum atomic E-state index is 1.16. The van der Waals surface area contributed by atoms with Gasteiger partial charge in [0.2, 0.25) is 0 Å². The van der Waals surface area contributed by atoms with E-state index in [-0.39, 0.29) is 0 Å². The molecule has 1 heteroatoms. The molecule has 0 fully saturated rings. The zero-order valence-electron chi connectivity index (χ0n) is 11.6. The second-order valence-electron chi connectivity index (χ2n) is 5.18. The van der Waals surface area contributed by atoms with Crippen molar-refractivity contribution in [2.24, 2.45) is 0 Å². The number of aromatic nitrogens is 1.